The first kappa shape index (κ1) is 13.2. The quantitative estimate of drug-likeness (QED) is 0.672. The molecule has 0 radical (unpaired) electrons. The van der Waals surface area contributed by atoms with E-state index < -0.39 is 0 Å². The van der Waals surface area contributed by atoms with Crippen LogP contribution in [0.2, 0.25) is 0 Å². The molecule has 2 atom stereocenters. The molecule has 0 heterocycles. The Morgan fingerprint density at radius 3 is 2.43 bits per heavy atom. The fourth-order valence-electron chi connectivity index (χ4n) is 0.878. The van der Waals surface area contributed by atoms with Crippen LogP contribution >= 0.6 is 0 Å². The van der Waals surface area contributed by atoms with Crippen LogP contribution in [0.25, 0.3) is 0 Å². The molecule has 14 heavy (non-hydrogen) atoms. The van der Waals surface area contributed by atoms with E-state index in [1.807, 2.05) is 27.7 Å². The molecule has 0 bridgehead atoms. The molecule has 0 aromatic rings. The number of carbonyl (C=O) groups is 1. The summed E-state index contributed by atoms with van der Waals surface area (Å²) in [6.07, 6.45) is 2.06. The summed E-state index contributed by atoms with van der Waals surface area (Å²) >= 11 is 0. The van der Waals surface area contributed by atoms with Crippen LogP contribution in [0.15, 0.2) is 12.7 Å². The van der Waals surface area contributed by atoms with Gasteiger partial charge in [0.2, 0.25) is 5.91 Å². The Morgan fingerprint density at radius 2 is 2.07 bits per heavy atom. The summed E-state index contributed by atoms with van der Waals surface area (Å²) < 4.78 is 0. The van der Waals surface area contributed by atoms with E-state index in [2.05, 4.69) is 11.9 Å². The zero-order valence-corrected chi connectivity index (χ0v) is 9.63. The summed E-state index contributed by atoms with van der Waals surface area (Å²) in [4.78, 5) is 11.4. The minimum absolute atomic E-state index is 0.00895. The lowest BCUT2D eigenvalue weighted by Crippen LogP contribution is -2.41. The van der Waals surface area contributed by atoms with Gasteiger partial charge >= 0.3 is 0 Å². The summed E-state index contributed by atoms with van der Waals surface area (Å²) in [5.41, 5.74) is 5.85. The van der Waals surface area contributed by atoms with Crippen LogP contribution in [0, 0.1) is 5.41 Å². The molecule has 3 heteroatoms. The molecule has 0 aromatic heterocycles. The van der Waals surface area contributed by atoms with Gasteiger partial charge in [-0.3, -0.25) is 4.79 Å². The average Bonchev–Trinajstić information content (AvgIpc) is 2.02. The van der Waals surface area contributed by atoms with Gasteiger partial charge in [-0.25, -0.2) is 0 Å². The zero-order valence-electron chi connectivity index (χ0n) is 9.63. The van der Waals surface area contributed by atoms with Crippen molar-refractivity contribution in [3.8, 4) is 0 Å². The predicted octanol–water partition coefficient (Wildman–Crippen LogP) is 1.44. The van der Waals surface area contributed by atoms with Gasteiger partial charge in [-0.2, -0.15) is 0 Å². The van der Waals surface area contributed by atoms with Crippen molar-refractivity contribution in [1.29, 1.82) is 0 Å². The van der Waals surface area contributed by atoms with Crippen molar-refractivity contribution >= 4 is 5.91 Å². The van der Waals surface area contributed by atoms with Crippen molar-refractivity contribution in [3.63, 3.8) is 0 Å². The third-order valence-electron chi connectivity index (χ3n) is 2.26. The van der Waals surface area contributed by atoms with Gasteiger partial charge in [0.05, 0.1) is 0 Å². The minimum Gasteiger partial charge on any atom is -0.350 e. The minimum atomic E-state index is -0.112. The van der Waals surface area contributed by atoms with Gasteiger partial charge in [0.1, 0.15) is 0 Å². The van der Waals surface area contributed by atoms with Crippen LogP contribution in [0.4, 0.5) is 0 Å². The average molecular weight is 198 g/mol. The molecule has 0 aliphatic rings. The highest BCUT2D eigenvalue weighted by atomic mass is 16.1. The molecule has 0 rings (SSSR count). The summed E-state index contributed by atoms with van der Waals surface area (Å²) in [7, 11) is 0. The summed E-state index contributed by atoms with van der Waals surface area (Å²) in [5.74, 6) is -0.0141. The first-order valence-electron chi connectivity index (χ1n) is 4.95. The molecule has 0 aliphatic heterocycles. The number of carbonyl (C=O) groups excluding carboxylic acids is 1. The lowest BCUT2D eigenvalue weighted by atomic mass is 9.85. The Morgan fingerprint density at radius 1 is 1.57 bits per heavy atom. The topological polar surface area (TPSA) is 55.1 Å². The number of nitrogens with two attached hydrogens (primary N) is 1. The Hall–Kier alpha value is -0.830. The van der Waals surface area contributed by atoms with Crippen molar-refractivity contribution in [1.82, 2.24) is 5.32 Å². The predicted molar refractivity (Wildman–Crippen MR) is 59.8 cm³/mol. The highest BCUT2D eigenvalue weighted by molar-refractivity contribution is 5.77. The number of amides is 1. The second-order valence-corrected chi connectivity index (χ2v) is 4.77. The van der Waals surface area contributed by atoms with Crippen molar-refractivity contribution in [2.45, 2.75) is 46.2 Å². The van der Waals surface area contributed by atoms with Gasteiger partial charge in [0, 0.05) is 18.5 Å². The van der Waals surface area contributed by atoms with E-state index in [4.69, 9.17) is 5.73 Å². The molecule has 82 valence electrons. The third-order valence-corrected chi connectivity index (χ3v) is 2.26. The molecular formula is C11H22N2O. The molecular weight excluding hydrogens is 176 g/mol. The van der Waals surface area contributed by atoms with Crippen LogP contribution in [-0.4, -0.2) is 18.0 Å². The van der Waals surface area contributed by atoms with Crippen LogP contribution in [0.1, 0.15) is 34.1 Å². The fourth-order valence-corrected chi connectivity index (χ4v) is 0.878. The van der Waals surface area contributed by atoms with E-state index in [1.54, 1.807) is 6.08 Å². The molecule has 3 N–H and O–H groups in total. The van der Waals surface area contributed by atoms with E-state index in [0.29, 0.717) is 6.42 Å². The van der Waals surface area contributed by atoms with Crippen LogP contribution in [0.3, 0.4) is 0 Å². The lowest BCUT2D eigenvalue weighted by molar-refractivity contribution is -0.122. The normalized spacial score (nSPS) is 15.8. The van der Waals surface area contributed by atoms with Gasteiger partial charge in [0.25, 0.3) is 0 Å². The number of rotatable bonds is 4. The first-order valence-corrected chi connectivity index (χ1v) is 4.95. The molecule has 0 aliphatic carbocycles. The van der Waals surface area contributed by atoms with E-state index in [-0.39, 0.29) is 23.4 Å². The van der Waals surface area contributed by atoms with Gasteiger partial charge < -0.3 is 11.1 Å². The number of nitrogens with one attached hydrogen (secondary N) is 1. The maximum Gasteiger partial charge on any atom is 0.222 e. The standard InChI is InChI=1S/C11H22N2O/c1-6-8(2)13-10(14)7-9(12)11(3,4)5/h6,8-9H,1,7,12H2,2-5H3,(H,13,14). The van der Waals surface area contributed by atoms with Crippen LogP contribution < -0.4 is 11.1 Å². The van der Waals surface area contributed by atoms with E-state index in [9.17, 15) is 4.79 Å². The van der Waals surface area contributed by atoms with E-state index in [0.717, 1.165) is 0 Å². The number of hydrogen-bond acceptors (Lipinski definition) is 2. The summed E-state index contributed by atoms with van der Waals surface area (Å²) in [5, 5.41) is 2.80. The maximum absolute atomic E-state index is 11.4. The SMILES string of the molecule is C=CC(C)NC(=O)CC(N)C(C)(C)C. The summed E-state index contributed by atoms with van der Waals surface area (Å²) in [6, 6.07) is -0.103. The van der Waals surface area contributed by atoms with Gasteiger partial charge in [0.15, 0.2) is 0 Å². The van der Waals surface area contributed by atoms with Gasteiger partial charge in [-0.1, -0.05) is 26.8 Å². The second-order valence-electron chi connectivity index (χ2n) is 4.77. The third kappa shape index (κ3) is 5.02. The Balaban J connectivity index is 4.01. The van der Waals surface area contributed by atoms with Crippen molar-refractivity contribution < 1.29 is 4.79 Å². The molecule has 0 aromatic carbocycles. The smallest absolute Gasteiger partial charge is 0.222 e. The van der Waals surface area contributed by atoms with Gasteiger partial charge in [-0.05, 0) is 12.3 Å². The highest BCUT2D eigenvalue weighted by Crippen LogP contribution is 2.19. The second kappa shape index (κ2) is 5.15. The largest absolute Gasteiger partial charge is 0.350 e. The summed E-state index contributed by atoms with van der Waals surface area (Å²) in [6.45, 7) is 11.6. The number of hydrogen-bond donors (Lipinski definition) is 2. The molecule has 2 unspecified atom stereocenters. The van der Waals surface area contributed by atoms with Crippen molar-refractivity contribution in [2.75, 3.05) is 0 Å². The van der Waals surface area contributed by atoms with E-state index in [1.165, 1.54) is 0 Å². The molecule has 3 nitrogen and oxygen atoms in total. The monoisotopic (exact) mass is 198 g/mol. The Labute approximate surface area is 86.8 Å². The lowest BCUT2D eigenvalue weighted by Gasteiger charge is -2.26. The van der Waals surface area contributed by atoms with E-state index >= 15 is 0 Å². The fraction of sp³-hybridized carbons (Fsp3) is 0.727. The Kier molecular flexibility index (Phi) is 4.85. The molecule has 1 amide bonds. The van der Waals surface area contributed by atoms with Gasteiger partial charge in [-0.15, -0.1) is 6.58 Å². The molecule has 0 spiro atoms. The van der Waals surface area contributed by atoms with Crippen molar-refractivity contribution in [2.24, 2.45) is 11.1 Å². The van der Waals surface area contributed by atoms with Crippen LogP contribution in [0.5, 0.6) is 0 Å². The molecule has 0 fully saturated rings. The molecule has 0 saturated carbocycles. The Bertz CT molecular complexity index is 206. The highest BCUT2D eigenvalue weighted by Gasteiger charge is 2.23. The maximum atomic E-state index is 11.4. The first-order chi connectivity index (χ1) is 6.27. The molecule has 0 saturated heterocycles. The van der Waals surface area contributed by atoms with Crippen LogP contribution in [-0.2, 0) is 4.79 Å². The van der Waals surface area contributed by atoms with Crippen molar-refractivity contribution in [3.05, 3.63) is 12.7 Å². The zero-order chi connectivity index (χ0) is 11.4.